The SMILES string of the molecule is COC(c1ccc(CCC(=O)O)c(C(=O)NC(CC(C)C)c2ccccc2)c1)C1CC1. The Morgan fingerprint density at radius 1 is 1.10 bits per heavy atom. The summed E-state index contributed by atoms with van der Waals surface area (Å²) in [7, 11) is 1.70. The highest BCUT2D eigenvalue weighted by Crippen LogP contribution is 2.43. The van der Waals surface area contributed by atoms with Crippen LogP contribution in [0.15, 0.2) is 48.5 Å². The molecule has 3 rings (SSSR count). The van der Waals surface area contributed by atoms with Gasteiger partial charge in [-0.2, -0.15) is 0 Å². The van der Waals surface area contributed by atoms with Crippen molar-refractivity contribution in [2.75, 3.05) is 7.11 Å². The van der Waals surface area contributed by atoms with E-state index in [0.717, 1.165) is 36.0 Å². The van der Waals surface area contributed by atoms with Crippen LogP contribution in [0.4, 0.5) is 0 Å². The van der Waals surface area contributed by atoms with E-state index in [9.17, 15) is 9.59 Å². The lowest BCUT2D eigenvalue weighted by molar-refractivity contribution is -0.136. The van der Waals surface area contributed by atoms with Crippen molar-refractivity contribution in [3.63, 3.8) is 0 Å². The number of benzene rings is 2. The fourth-order valence-corrected chi connectivity index (χ4v) is 4.11. The Hall–Kier alpha value is -2.66. The molecular weight excluding hydrogens is 390 g/mol. The van der Waals surface area contributed by atoms with Crippen LogP contribution < -0.4 is 5.32 Å². The first-order valence-electron chi connectivity index (χ1n) is 11.1. The second-order valence-electron chi connectivity index (χ2n) is 8.87. The van der Waals surface area contributed by atoms with Crippen LogP contribution in [0.1, 0.15) is 78.7 Å². The topological polar surface area (TPSA) is 75.6 Å². The fourth-order valence-electron chi connectivity index (χ4n) is 4.11. The zero-order valence-electron chi connectivity index (χ0n) is 18.6. The molecule has 1 amide bonds. The molecule has 0 radical (unpaired) electrons. The van der Waals surface area contributed by atoms with E-state index in [4.69, 9.17) is 9.84 Å². The van der Waals surface area contributed by atoms with Gasteiger partial charge in [-0.1, -0.05) is 56.3 Å². The van der Waals surface area contributed by atoms with Gasteiger partial charge in [-0.3, -0.25) is 9.59 Å². The van der Waals surface area contributed by atoms with Crippen LogP contribution in [-0.4, -0.2) is 24.1 Å². The fraction of sp³-hybridized carbons (Fsp3) is 0.462. The standard InChI is InChI=1S/C26H33NO4/c1-17(2)15-23(19-7-5-4-6-8-19)27-26(30)22-16-21(25(31-3)20-10-11-20)12-9-18(22)13-14-24(28)29/h4-9,12,16-17,20,23,25H,10-11,13-15H2,1-3H3,(H,27,30)(H,28,29). The van der Waals surface area contributed by atoms with Crippen molar-refractivity contribution in [3.05, 3.63) is 70.8 Å². The summed E-state index contributed by atoms with van der Waals surface area (Å²) in [5, 5.41) is 12.3. The molecule has 1 saturated carbocycles. The molecule has 2 unspecified atom stereocenters. The number of carboxylic acids is 1. The molecule has 2 aromatic rings. The van der Waals surface area contributed by atoms with E-state index in [1.165, 1.54) is 0 Å². The largest absolute Gasteiger partial charge is 0.481 e. The van der Waals surface area contributed by atoms with Gasteiger partial charge >= 0.3 is 5.97 Å². The summed E-state index contributed by atoms with van der Waals surface area (Å²) in [5.41, 5.74) is 3.35. The van der Waals surface area contributed by atoms with Crippen LogP contribution in [0.3, 0.4) is 0 Å². The van der Waals surface area contributed by atoms with Gasteiger partial charge in [-0.25, -0.2) is 0 Å². The average Bonchev–Trinajstić information content (AvgIpc) is 3.58. The van der Waals surface area contributed by atoms with E-state index < -0.39 is 5.97 Å². The van der Waals surface area contributed by atoms with Crippen molar-refractivity contribution in [2.24, 2.45) is 11.8 Å². The zero-order chi connectivity index (χ0) is 22.4. The second kappa shape index (κ2) is 10.6. The molecule has 5 heteroatoms. The molecular formula is C26H33NO4. The van der Waals surface area contributed by atoms with Crippen molar-refractivity contribution in [1.29, 1.82) is 0 Å². The maximum absolute atomic E-state index is 13.4. The van der Waals surface area contributed by atoms with Crippen molar-refractivity contribution in [2.45, 2.75) is 58.1 Å². The van der Waals surface area contributed by atoms with Crippen molar-refractivity contribution in [1.82, 2.24) is 5.32 Å². The first kappa shape index (κ1) is 23.0. The molecule has 0 aromatic heterocycles. The third-order valence-corrected chi connectivity index (χ3v) is 5.83. The molecule has 1 aliphatic rings. The molecule has 2 atom stereocenters. The quantitative estimate of drug-likeness (QED) is 0.513. The minimum Gasteiger partial charge on any atom is -0.481 e. The van der Waals surface area contributed by atoms with Gasteiger partial charge in [0.05, 0.1) is 12.1 Å². The maximum atomic E-state index is 13.4. The normalized spacial score (nSPS) is 15.5. The van der Waals surface area contributed by atoms with Gasteiger partial charge in [-0.15, -0.1) is 0 Å². The number of carbonyl (C=O) groups excluding carboxylic acids is 1. The predicted octanol–water partition coefficient (Wildman–Crippen LogP) is 5.32. The summed E-state index contributed by atoms with van der Waals surface area (Å²) in [6.07, 6.45) is 3.36. The van der Waals surface area contributed by atoms with Gasteiger partial charge in [0.15, 0.2) is 0 Å². The molecule has 5 nitrogen and oxygen atoms in total. The van der Waals surface area contributed by atoms with Crippen LogP contribution in [0.5, 0.6) is 0 Å². The number of amides is 1. The smallest absolute Gasteiger partial charge is 0.303 e. The predicted molar refractivity (Wildman–Crippen MR) is 121 cm³/mol. The van der Waals surface area contributed by atoms with E-state index in [0.29, 0.717) is 23.8 Å². The average molecular weight is 424 g/mol. The Labute approximate surface area is 184 Å². The van der Waals surface area contributed by atoms with Crippen molar-refractivity contribution in [3.8, 4) is 0 Å². The highest BCUT2D eigenvalue weighted by atomic mass is 16.5. The molecule has 1 fully saturated rings. The summed E-state index contributed by atoms with van der Waals surface area (Å²) in [6.45, 7) is 4.28. The molecule has 31 heavy (non-hydrogen) atoms. The monoisotopic (exact) mass is 423 g/mol. The minimum atomic E-state index is -0.870. The minimum absolute atomic E-state index is 0.00986. The maximum Gasteiger partial charge on any atom is 0.303 e. The van der Waals surface area contributed by atoms with Crippen LogP contribution in [0.2, 0.25) is 0 Å². The summed E-state index contributed by atoms with van der Waals surface area (Å²) in [5.74, 6) is -0.132. The summed E-state index contributed by atoms with van der Waals surface area (Å²) >= 11 is 0. The molecule has 2 N–H and O–H groups in total. The van der Waals surface area contributed by atoms with Gasteiger partial charge in [0.1, 0.15) is 0 Å². The Kier molecular flexibility index (Phi) is 7.85. The lowest BCUT2D eigenvalue weighted by Gasteiger charge is -2.23. The van der Waals surface area contributed by atoms with Crippen molar-refractivity contribution >= 4 is 11.9 Å². The number of hydrogen-bond acceptors (Lipinski definition) is 3. The number of aliphatic carboxylic acids is 1. The van der Waals surface area contributed by atoms with Gasteiger partial charge in [0.25, 0.3) is 5.91 Å². The van der Waals surface area contributed by atoms with Crippen LogP contribution in [0, 0.1) is 11.8 Å². The first-order valence-corrected chi connectivity index (χ1v) is 11.1. The third kappa shape index (κ3) is 6.41. The number of aryl methyl sites for hydroxylation is 1. The number of rotatable bonds is 11. The highest BCUT2D eigenvalue weighted by molar-refractivity contribution is 5.96. The molecule has 0 heterocycles. The Balaban J connectivity index is 1.90. The van der Waals surface area contributed by atoms with Crippen molar-refractivity contribution < 1.29 is 19.4 Å². The molecule has 0 bridgehead atoms. The zero-order valence-corrected chi connectivity index (χ0v) is 18.6. The Morgan fingerprint density at radius 2 is 1.81 bits per heavy atom. The van der Waals surface area contributed by atoms with Crippen LogP contribution >= 0.6 is 0 Å². The Bertz CT molecular complexity index is 890. The van der Waals surface area contributed by atoms with E-state index >= 15 is 0 Å². The van der Waals surface area contributed by atoms with Gasteiger partial charge in [0.2, 0.25) is 0 Å². The third-order valence-electron chi connectivity index (χ3n) is 5.83. The van der Waals surface area contributed by atoms with Crippen LogP contribution in [0.25, 0.3) is 0 Å². The van der Waals surface area contributed by atoms with E-state index in [2.05, 4.69) is 19.2 Å². The molecule has 0 spiro atoms. The van der Waals surface area contributed by atoms with Gasteiger partial charge in [-0.05, 0) is 60.3 Å². The van der Waals surface area contributed by atoms with Gasteiger partial charge in [0, 0.05) is 19.1 Å². The van der Waals surface area contributed by atoms with E-state index in [1.807, 2.05) is 48.5 Å². The lowest BCUT2D eigenvalue weighted by Crippen LogP contribution is -2.30. The number of ether oxygens (including phenoxy) is 1. The molecule has 0 aliphatic heterocycles. The molecule has 0 saturated heterocycles. The molecule has 2 aromatic carbocycles. The van der Waals surface area contributed by atoms with E-state index in [-0.39, 0.29) is 24.5 Å². The second-order valence-corrected chi connectivity index (χ2v) is 8.87. The molecule has 1 aliphatic carbocycles. The number of methoxy groups -OCH3 is 1. The lowest BCUT2D eigenvalue weighted by atomic mass is 9.94. The number of nitrogens with one attached hydrogen (secondary N) is 1. The summed E-state index contributed by atoms with van der Waals surface area (Å²) in [6, 6.07) is 15.6. The van der Waals surface area contributed by atoms with E-state index in [1.54, 1.807) is 7.11 Å². The highest BCUT2D eigenvalue weighted by Gasteiger charge is 2.33. The Morgan fingerprint density at radius 3 is 2.39 bits per heavy atom. The number of carboxylic acid groups (broad SMARTS) is 1. The number of carbonyl (C=O) groups is 2. The summed E-state index contributed by atoms with van der Waals surface area (Å²) in [4.78, 5) is 24.6. The van der Waals surface area contributed by atoms with Crippen LogP contribution in [-0.2, 0) is 16.0 Å². The first-order chi connectivity index (χ1) is 14.9. The van der Waals surface area contributed by atoms with Gasteiger partial charge < -0.3 is 15.2 Å². The number of hydrogen-bond donors (Lipinski definition) is 2. The molecule has 166 valence electrons. The summed E-state index contributed by atoms with van der Waals surface area (Å²) < 4.78 is 5.71.